The van der Waals surface area contributed by atoms with E-state index in [9.17, 15) is 8.42 Å². The van der Waals surface area contributed by atoms with Crippen LogP contribution in [0.25, 0.3) is 0 Å². The van der Waals surface area contributed by atoms with Gasteiger partial charge in [-0.25, -0.2) is 13.1 Å². The lowest BCUT2D eigenvalue weighted by Crippen LogP contribution is -2.39. The van der Waals surface area contributed by atoms with Crippen molar-refractivity contribution in [2.45, 2.75) is 43.0 Å². The van der Waals surface area contributed by atoms with E-state index in [1.54, 1.807) is 6.07 Å². The highest BCUT2D eigenvalue weighted by molar-refractivity contribution is 7.89. The molecule has 1 aliphatic carbocycles. The molecule has 1 aromatic rings. The van der Waals surface area contributed by atoms with Crippen LogP contribution in [0.3, 0.4) is 0 Å². The minimum absolute atomic E-state index is 0.181. The van der Waals surface area contributed by atoms with E-state index < -0.39 is 10.0 Å². The topological polar surface area (TPSA) is 67.9 Å². The second-order valence-corrected chi connectivity index (χ2v) is 7.95. The van der Waals surface area contributed by atoms with E-state index in [4.69, 9.17) is 9.47 Å². The van der Waals surface area contributed by atoms with Gasteiger partial charge in [0.15, 0.2) is 11.5 Å². The summed E-state index contributed by atoms with van der Waals surface area (Å²) in [5, 5.41) is 0. The minimum atomic E-state index is -3.56. The summed E-state index contributed by atoms with van der Waals surface area (Å²) in [7, 11) is 1.52. The molecule has 0 saturated heterocycles. The standard InChI is InChI=1S/C17H28N2O4S/c1-19(14-7-5-4-6-8-14)12-11-18-24(20,21)15-9-10-16(22-2)17(13-15)23-3/h9-10,13-14,18H,4-8,11-12H2,1-3H3. The Morgan fingerprint density at radius 3 is 2.42 bits per heavy atom. The average Bonchev–Trinajstić information content (AvgIpc) is 2.61. The predicted octanol–water partition coefficient (Wildman–Crippen LogP) is 2.25. The molecule has 0 spiro atoms. The minimum Gasteiger partial charge on any atom is -0.493 e. The van der Waals surface area contributed by atoms with Gasteiger partial charge in [-0.1, -0.05) is 19.3 Å². The Morgan fingerprint density at radius 2 is 1.79 bits per heavy atom. The lowest BCUT2D eigenvalue weighted by molar-refractivity contribution is 0.195. The zero-order chi connectivity index (χ0) is 17.6. The van der Waals surface area contributed by atoms with Crippen LogP contribution in [-0.2, 0) is 10.0 Å². The van der Waals surface area contributed by atoms with E-state index in [-0.39, 0.29) is 4.90 Å². The van der Waals surface area contributed by atoms with Gasteiger partial charge < -0.3 is 14.4 Å². The van der Waals surface area contributed by atoms with Crippen molar-refractivity contribution in [3.63, 3.8) is 0 Å². The van der Waals surface area contributed by atoms with Crippen molar-refractivity contribution in [1.82, 2.24) is 9.62 Å². The van der Waals surface area contributed by atoms with Gasteiger partial charge in [0.05, 0.1) is 19.1 Å². The van der Waals surface area contributed by atoms with Crippen molar-refractivity contribution >= 4 is 10.0 Å². The molecule has 6 nitrogen and oxygen atoms in total. The molecular formula is C17H28N2O4S. The molecule has 24 heavy (non-hydrogen) atoms. The summed E-state index contributed by atoms with van der Waals surface area (Å²) in [5.41, 5.74) is 0. The van der Waals surface area contributed by atoms with E-state index in [1.807, 2.05) is 0 Å². The first-order valence-electron chi connectivity index (χ1n) is 8.40. The number of likely N-dealkylation sites (N-methyl/N-ethyl adjacent to an activating group) is 1. The largest absolute Gasteiger partial charge is 0.493 e. The molecule has 7 heteroatoms. The monoisotopic (exact) mass is 356 g/mol. The molecule has 0 atom stereocenters. The van der Waals surface area contributed by atoms with Crippen molar-refractivity contribution in [3.8, 4) is 11.5 Å². The number of nitrogens with one attached hydrogen (secondary N) is 1. The van der Waals surface area contributed by atoms with Gasteiger partial charge in [0.2, 0.25) is 10.0 Å². The molecule has 1 saturated carbocycles. The molecule has 0 radical (unpaired) electrons. The molecule has 0 heterocycles. The number of rotatable bonds is 8. The number of methoxy groups -OCH3 is 2. The number of nitrogens with zero attached hydrogens (tertiary/aromatic N) is 1. The van der Waals surface area contributed by atoms with E-state index in [1.165, 1.54) is 58.5 Å². The quantitative estimate of drug-likeness (QED) is 0.774. The summed E-state index contributed by atoms with van der Waals surface area (Å²) >= 11 is 0. The molecule has 0 amide bonds. The fourth-order valence-corrected chi connectivity index (χ4v) is 4.16. The van der Waals surface area contributed by atoms with Crippen LogP contribution in [0.5, 0.6) is 11.5 Å². The zero-order valence-electron chi connectivity index (χ0n) is 14.7. The van der Waals surface area contributed by atoms with Gasteiger partial charge in [0.1, 0.15) is 0 Å². The van der Waals surface area contributed by atoms with E-state index >= 15 is 0 Å². The zero-order valence-corrected chi connectivity index (χ0v) is 15.6. The maximum Gasteiger partial charge on any atom is 0.240 e. The third-order valence-electron chi connectivity index (χ3n) is 4.62. The lowest BCUT2D eigenvalue weighted by atomic mass is 9.94. The van der Waals surface area contributed by atoms with Crippen LogP contribution in [0.15, 0.2) is 23.1 Å². The molecule has 0 aliphatic heterocycles. The fourth-order valence-electron chi connectivity index (χ4n) is 3.13. The summed E-state index contributed by atoms with van der Waals surface area (Å²) in [6, 6.07) is 5.17. The van der Waals surface area contributed by atoms with Crippen LogP contribution in [-0.4, -0.2) is 53.7 Å². The Balaban J connectivity index is 1.93. The number of benzene rings is 1. The highest BCUT2D eigenvalue weighted by Gasteiger charge is 2.20. The predicted molar refractivity (Wildman–Crippen MR) is 94.2 cm³/mol. The van der Waals surface area contributed by atoms with E-state index in [2.05, 4.69) is 16.7 Å². The number of hydrogen-bond acceptors (Lipinski definition) is 5. The van der Waals surface area contributed by atoms with Crippen LogP contribution >= 0.6 is 0 Å². The Bertz CT molecular complexity index is 627. The van der Waals surface area contributed by atoms with Crippen LogP contribution in [0.2, 0.25) is 0 Å². The van der Waals surface area contributed by atoms with Crippen LogP contribution in [0, 0.1) is 0 Å². The van der Waals surface area contributed by atoms with Crippen LogP contribution < -0.4 is 14.2 Å². The molecular weight excluding hydrogens is 328 g/mol. The molecule has 2 rings (SSSR count). The summed E-state index contributed by atoms with van der Waals surface area (Å²) in [4.78, 5) is 2.44. The third-order valence-corrected chi connectivity index (χ3v) is 6.08. The highest BCUT2D eigenvalue weighted by atomic mass is 32.2. The third kappa shape index (κ3) is 4.84. The van der Waals surface area contributed by atoms with Gasteiger partial charge in [-0.3, -0.25) is 0 Å². The Morgan fingerprint density at radius 1 is 1.12 bits per heavy atom. The van der Waals surface area contributed by atoms with Crippen LogP contribution in [0.1, 0.15) is 32.1 Å². The Labute approximate surface area is 145 Å². The summed E-state index contributed by atoms with van der Waals surface area (Å²) < 4.78 is 37.8. The van der Waals surface area contributed by atoms with Gasteiger partial charge >= 0.3 is 0 Å². The van der Waals surface area contributed by atoms with Crippen LogP contribution in [0.4, 0.5) is 0 Å². The summed E-state index contributed by atoms with van der Waals surface area (Å²) in [6.07, 6.45) is 6.27. The second-order valence-electron chi connectivity index (χ2n) is 6.19. The van der Waals surface area contributed by atoms with Gasteiger partial charge in [-0.15, -0.1) is 0 Å². The molecule has 136 valence electrons. The average molecular weight is 356 g/mol. The first kappa shape index (κ1) is 19.0. The van der Waals surface area contributed by atoms with Crippen molar-refractivity contribution in [2.24, 2.45) is 0 Å². The van der Waals surface area contributed by atoms with Crippen molar-refractivity contribution in [1.29, 1.82) is 0 Å². The molecule has 1 fully saturated rings. The Kier molecular flexibility index (Phi) is 6.89. The van der Waals surface area contributed by atoms with Crippen molar-refractivity contribution in [2.75, 3.05) is 34.4 Å². The molecule has 1 aromatic carbocycles. The molecule has 1 aliphatic rings. The maximum atomic E-state index is 12.4. The maximum absolute atomic E-state index is 12.4. The van der Waals surface area contributed by atoms with E-state index in [0.29, 0.717) is 30.6 Å². The normalized spacial score (nSPS) is 16.3. The molecule has 1 N–H and O–H groups in total. The van der Waals surface area contributed by atoms with Gasteiger partial charge in [0, 0.05) is 25.2 Å². The van der Waals surface area contributed by atoms with Crippen molar-refractivity contribution in [3.05, 3.63) is 18.2 Å². The van der Waals surface area contributed by atoms with Gasteiger partial charge in [-0.2, -0.15) is 0 Å². The molecule has 0 aromatic heterocycles. The number of sulfonamides is 1. The number of hydrogen-bond donors (Lipinski definition) is 1. The fraction of sp³-hybridized carbons (Fsp3) is 0.647. The van der Waals surface area contributed by atoms with Gasteiger partial charge in [-0.05, 0) is 32.0 Å². The smallest absolute Gasteiger partial charge is 0.240 e. The molecule has 0 bridgehead atoms. The SMILES string of the molecule is COc1ccc(S(=O)(=O)NCCN(C)C2CCCCC2)cc1OC. The van der Waals surface area contributed by atoms with E-state index in [0.717, 1.165) is 0 Å². The molecule has 0 unspecified atom stereocenters. The van der Waals surface area contributed by atoms with Crippen molar-refractivity contribution < 1.29 is 17.9 Å². The highest BCUT2D eigenvalue weighted by Crippen LogP contribution is 2.29. The Hall–Kier alpha value is -1.31. The second kappa shape index (κ2) is 8.69. The summed E-state index contributed by atoms with van der Waals surface area (Å²) in [5.74, 6) is 0.910. The first-order chi connectivity index (χ1) is 11.5. The first-order valence-corrected chi connectivity index (χ1v) is 9.88. The summed E-state index contributed by atoms with van der Waals surface area (Å²) in [6.45, 7) is 1.10. The lowest BCUT2D eigenvalue weighted by Gasteiger charge is -2.31. The number of ether oxygens (including phenoxy) is 2. The van der Waals surface area contributed by atoms with Gasteiger partial charge in [0.25, 0.3) is 0 Å².